The molecule has 2 heterocycles. The van der Waals surface area contributed by atoms with Crippen LogP contribution in [-0.2, 0) is 13.0 Å². The molecule has 0 radical (unpaired) electrons. The molecule has 0 aliphatic heterocycles. The van der Waals surface area contributed by atoms with E-state index in [9.17, 15) is 0 Å². The van der Waals surface area contributed by atoms with Crippen LogP contribution in [0.1, 0.15) is 50.8 Å². The van der Waals surface area contributed by atoms with E-state index in [1.807, 2.05) is 42.7 Å². The molecule has 0 atom stereocenters. The Bertz CT molecular complexity index is 757. The lowest BCUT2D eigenvalue weighted by Gasteiger charge is -2.26. The van der Waals surface area contributed by atoms with Gasteiger partial charge in [0.2, 0.25) is 5.88 Å². The predicted molar refractivity (Wildman–Crippen MR) is 117 cm³/mol. The summed E-state index contributed by atoms with van der Waals surface area (Å²) < 4.78 is 6.11. The third kappa shape index (κ3) is 7.37. The van der Waals surface area contributed by atoms with E-state index < -0.39 is 0 Å². The van der Waals surface area contributed by atoms with Crippen molar-refractivity contribution in [2.45, 2.75) is 58.6 Å². The first-order chi connectivity index (χ1) is 14.2. The average molecular weight is 396 g/mol. The summed E-state index contributed by atoms with van der Waals surface area (Å²) in [7, 11) is 0. The summed E-state index contributed by atoms with van der Waals surface area (Å²) in [6.07, 6.45) is 9.52. The Hall–Kier alpha value is -2.63. The number of guanidine groups is 1. The van der Waals surface area contributed by atoms with E-state index in [1.54, 1.807) is 0 Å². The molecule has 2 N–H and O–H groups in total. The lowest BCUT2D eigenvalue weighted by molar-refractivity contribution is 0.130. The number of ether oxygens (including phenoxy) is 1. The maximum Gasteiger partial charge on any atom is 0.213 e. The molecule has 156 valence electrons. The fourth-order valence-electron chi connectivity index (χ4n) is 3.50. The normalized spacial score (nSPS) is 19.6. The van der Waals surface area contributed by atoms with E-state index in [0.717, 1.165) is 55.5 Å². The second-order valence-electron chi connectivity index (χ2n) is 7.70. The molecule has 1 saturated carbocycles. The number of aromatic nitrogens is 2. The van der Waals surface area contributed by atoms with Crippen LogP contribution in [0.4, 0.5) is 0 Å². The minimum absolute atomic E-state index is 0.294. The van der Waals surface area contributed by atoms with Gasteiger partial charge in [0.25, 0.3) is 0 Å². The van der Waals surface area contributed by atoms with Gasteiger partial charge in [-0.1, -0.05) is 13.0 Å². The molecule has 0 aromatic carbocycles. The molecule has 1 fully saturated rings. The number of nitrogens with one attached hydrogen (secondary N) is 2. The van der Waals surface area contributed by atoms with E-state index in [2.05, 4.69) is 34.4 Å². The van der Waals surface area contributed by atoms with Crippen LogP contribution in [0.3, 0.4) is 0 Å². The number of nitrogens with zero attached hydrogens (tertiary/aromatic N) is 3. The van der Waals surface area contributed by atoms with E-state index in [-0.39, 0.29) is 0 Å². The molecule has 0 bridgehead atoms. The Morgan fingerprint density at radius 1 is 1.10 bits per heavy atom. The highest BCUT2D eigenvalue weighted by Crippen LogP contribution is 2.26. The molecule has 2 aromatic heterocycles. The largest absolute Gasteiger partial charge is 0.474 e. The molecular weight excluding hydrogens is 362 g/mol. The first kappa shape index (κ1) is 21.1. The first-order valence-corrected chi connectivity index (χ1v) is 10.8. The second-order valence-corrected chi connectivity index (χ2v) is 7.70. The Labute approximate surface area is 174 Å². The van der Waals surface area contributed by atoms with Crippen molar-refractivity contribution in [3.05, 3.63) is 54.0 Å². The van der Waals surface area contributed by atoms with E-state index >= 15 is 0 Å². The third-order valence-corrected chi connectivity index (χ3v) is 5.21. The fraction of sp³-hybridized carbons (Fsp3) is 0.522. The number of aliphatic imine (C=N–C) groups is 1. The van der Waals surface area contributed by atoms with Gasteiger partial charge in [0.1, 0.15) is 6.10 Å². The minimum atomic E-state index is 0.294. The number of hydrogen-bond acceptors (Lipinski definition) is 4. The lowest BCUT2D eigenvalue weighted by Crippen LogP contribution is -2.38. The van der Waals surface area contributed by atoms with Crippen molar-refractivity contribution in [2.75, 3.05) is 13.1 Å². The average Bonchev–Trinajstić information content (AvgIpc) is 2.75. The quantitative estimate of drug-likeness (QED) is 0.526. The highest BCUT2D eigenvalue weighted by Gasteiger charge is 2.19. The van der Waals surface area contributed by atoms with Crippen molar-refractivity contribution in [3.8, 4) is 5.88 Å². The van der Waals surface area contributed by atoms with Crippen molar-refractivity contribution in [1.29, 1.82) is 0 Å². The molecule has 6 nitrogen and oxygen atoms in total. The summed E-state index contributed by atoms with van der Waals surface area (Å²) >= 11 is 0. The molecule has 0 saturated heterocycles. The van der Waals surface area contributed by atoms with Gasteiger partial charge in [-0.2, -0.15) is 0 Å². The zero-order chi connectivity index (χ0) is 20.3. The van der Waals surface area contributed by atoms with E-state index in [0.29, 0.717) is 18.5 Å². The van der Waals surface area contributed by atoms with Crippen LogP contribution < -0.4 is 15.4 Å². The standard InChI is InChI=1S/C23H33N5O/c1-3-24-23(27-15-12-20-6-4-5-13-25-20)28-17-19-11-14-26-22(16-19)29-21-9-7-18(2)8-10-21/h4-6,11,13-14,16,18,21H,3,7-10,12,15,17H2,1-2H3,(H2,24,27,28). The summed E-state index contributed by atoms with van der Waals surface area (Å²) in [6, 6.07) is 10.00. The summed E-state index contributed by atoms with van der Waals surface area (Å²) in [5, 5.41) is 6.67. The van der Waals surface area contributed by atoms with Gasteiger partial charge < -0.3 is 15.4 Å². The van der Waals surface area contributed by atoms with Gasteiger partial charge in [0.05, 0.1) is 6.54 Å². The smallest absolute Gasteiger partial charge is 0.213 e. The Morgan fingerprint density at radius 2 is 1.97 bits per heavy atom. The fourth-order valence-corrected chi connectivity index (χ4v) is 3.50. The molecule has 2 aromatic rings. The molecule has 1 aliphatic carbocycles. The third-order valence-electron chi connectivity index (χ3n) is 5.21. The Kier molecular flexibility index (Phi) is 8.28. The molecule has 0 unspecified atom stereocenters. The topological polar surface area (TPSA) is 71.4 Å². The highest BCUT2D eigenvalue weighted by molar-refractivity contribution is 5.79. The summed E-state index contributed by atoms with van der Waals surface area (Å²) in [5.74, 6) is 2.34. The zero-order valence-electron chi connectivity index (χ0n) is 17.6. The van der Waals surface area contributed by atoms with E-state index in [4.69, 9.17) is 9.73 Å². The van der Waals surface area contributed by atoms with Crippen LogP contribution in [0.5, 0.6) is 5.88 Å². The van der Waals surface area contributed by atoms with E-state index in [1.165, 1.54) is 12.8 Å². The zero-order valence-corrected chi connectivity index (χ0v) is 17.6. The van der Waals surface area contributed by atoms with Crippen molar-refractivity contribution < 1.29 is 4.74 Å². The SMILES string of the molecule is CCNC(=NCc1ccnc(OC2CCC(C)CC2)c1)NCCc1ccccn1. The molecule has 29 heavy (non-hydrogen) atoms. The van der Waals surface area contributed by atoms with Crippen molar-refractivity contribution in [1.82, 2.24) is 20.6 Å². The molecular formula is C23H33N5O. The van der Waals surface area contributed by atoms with Crippen LogP contribution >= 0.6 is 0 Å². The van der Waals surface area contributed by atoms with Crippen molar-refractivity contribution >= 4 is 5.96 Å². The number of hydrogen-bond donors (Lipinski definition) is 2. The van der Waals surface area contributed by atoms with Crippen molar-refractivity contribution in [3.63, 3.8) is 0 Å². The van der Waals surface area contributed by atoms with Gasteiger partial charge in [-0.15, -0.1) is 0 Å². The van der Waals surface area contributed by atoms with Crippen LogP contribution in [0.15, 0.2) is 47.7 Å². The molecule has 0 amide bonds. The minimum Gasteiger partial charge on any atom is -0.474 e. The van der Waals surface area contributed by atoms with Crippen LogP contribution in [0, 0.1) is 5.92 Å². The van der Waals surface area contributed by atoms with Gasteiger partial charge in [-0.25, -0.2) is 9.98 Å². The molecule has 1 aliphatic rings. The van der Waals surface area contributed by atoms with Gasteiger partial charge in [0.15, 0.2) is 5.96 Å². The van der Waals surface area contributed by atoms with Gasteiger partial charge in [-0.05, 0) is 62.3 Å². The number of pyridine rings is 2. The first-order valence-electron chi connectivity index (χ1n) is 10.8. The Morgan fingerprint density at radius 3 is 2.72 bits per heavy atom. The van der Waals surface area contributed by atoms with Crippen LogP contribution in [0.25, 0.3) is 0 Å². The number of rotatable bonds is 8. The van der Waals surface area contributed by atoms with Gasteiger partial charge >= 0.3 is 0 Å². The van der Waals surface area contributed by atoms with Crippen LogP contribution in [0.2, 0.25) is 0 Å². The predicted octanol–water partition coefficient (Wildman–Crippen LogP) is 3.73. The molecule has 3 rings (SSSR count). The van der Waals surface area contributed by atoms with Crippen LogP contribution in [-0.4, -0.2) is 35.1 Å². The lowest BCUT2D eigenvalue weighted by atomic mass is 9.89. The second kappa shape index (κ2) is 11.4. The summed E-state index contributed by atoms with van der Waals surface area (Å²) in [6.45, 7) is 6.58. The monoisotopic (exact) mass is 395 g/mol. The van der Waals surface area contributed by atoms with Crippen molar-refractivity contribution in [2.24, 2.45) is 10.9 Å². The molecule has 0 spiro atoms. The summed E-state index contributed by atoms with van der Waals surface area (Å²) in [5.41, 5.74) is 2.17. The maximum absolute atomic E-state index is 6.11. The summed E-state index contributed by atoms with van der Waals surface area (Å²) in [4.78, 5) is 13.4. The Balaban J connectivity index is 1.51. The van der Waals surface area contributed by atoms with Gasteiger partial charge in [0, 0.05) is 43.7 Å². The highest BCUT2D eigenvalue weighted by atomic mass is 16.5. The maximum atomic E-state index is 6.11. The van der Waals surface area contributed by atoms with Gasteiger partial charge in [-0.3, -0.25) is 4.98 Å². The molecule has 6 heteroatoms.